The molecule has 0 fully saturated rings. The molecular formula is C16H12O. The van der Waals surface area contributed by atoms with Crippen LogP contribution in [0.25, 0.3) is 11.6 Å². The molecule has 1 aliphatic carbocycles. The molecule has 1 aliphatic heterocycles. The van der Waals surface area contributed by atoms with E-state index in [2.05, 4.69) is 18.2 Å². The average molecular weight is 221 g/mol. The Hall–Kier alpha value is -2.02. The summed E-state index contributed by atoms with van der Waals surface area (Å²) in [7, 11) is 0. The van der Waals surface area contributed by atoms with Crippen molar-refractivity contribution in [1.82, 2.24) is 0 Å². The minimum absolute atomic E-state index is 0.122. The molecular weight excluding hydrogens is 208 g/mol. The molecule has 0 spiro atoms. The Bertz CT molecular complexity index is 673. The summed E-state index contributed by atoms with van der Waals surface area (Å²) in [6.45, 7) is 0. The highest BCUT2D eigenvalue weighted by molar-refractivity contribution is 5.91. The van der Waals surface area contributed by atoms with Gasteiger partial charge >= 0.3 is 0 Å². The fourth-order valence-electron chi connectivity index (χ4n) is 2.67. The normalized spacial score (nSPS) is 20.6. The van der Waals surface area contributed by atoms with E-state index in [1.54, 1.807) is 0 Å². The first-order valence-corrected chi connectivity index (χ1v) is 5.89. The minimum atomic E-state index is 0.122. The van der Waals surface area contributed by atoms with Crippen molar-refractivity contribution in [2.24, 2.45) is 0 Å². The molecule has 2 aromatic carbocycles. The third-order valence-corrected chi connectivity index (χ3v) is 3.50. The molecule has 4 rings (SSSR count). The molecule has 0 radical (unpaired) electrons. The van der Waals surface area contributed by atoms with E-state index in [9.17, 15) is 0 Å². The Morgan fingerprint density at radius 2 is 2.00 bits per heavy atom. The summed E-state index contributed by atoms with van der Waals surface area (Å²) in [5.74, 6) is 0.966. The van der Waals surface area contributed by atoms with E-state index in [1.165, 1.54) is 16.7 Å². The zero-order valence-corrected chi connectivity index (χ0v) is 9.31. The van der Waals surface area contributed by atoms with Crippen molar-refractivity contribution in [3.05, 3.63) is 65.2 Å². The van der Waals surface area contributed by atoms with Gasteiger partial charge in [0.05, 0.1) is 1.37 Å². The van der Waals surface area contributed by atoms with E-state index in [0.717, 1.165) is 17.7 Å². The van der Waals surface area contributed by atoms with Crippen LogP contribution < -0.4 is 4.74 Å². The van der Waals surface area contributed by atoms with Gasteiger partial charge in [0.15, 0.2) is 0 Å². The van der Waals surface area contributed by atoms with Gasteiger partial charge in [0.1, 0.15) is 11.9 Å². The standard InChI is InChI=1S/C16H12O/c1-2-6-12-10-16-14(9-11(12)5-1)13-7-3-4-8-15(13)17-16/h1-9,16H,10H2/i5D. The van der Waals surface area contributed by atoms with Gasteiger partial charge in [0, 0.05) is 17.6 Å². The molecule has 0 N–H and O–H groups in total. The van der Waals surface area contributed by atoms with Crippen molar-refractivity contribution in [3.63, 3.8) is 0 Å². The van der Waals surface area contributed by atoms with E-state index in [1.807, 2.05) is 30.3 Å². The van der Waals surface area contributed by atoms with Crippen molar-refractivity contribution < 1.29 is 6.11 Å². The van der Waals surface area contributed by atoms with Gasteiger partial charge in [-0.25, -0.2) is 0 Å². The third-order valence-electron chi connectivity index (χ3n) is 3.50. The van der Waals surface area contributed by atoms with Gasteiger partial charge in [0.25, 0.3) is 0 Å². The Kier molecular flexibility index (Phi) is 1.55. The van der Waals surface area contributed by atoms with E-state index in [-0.39, 0.29) is 6.10 Å². The van der Waals surface area contributed by atoms with Gasteiger partial charge in [0.2, 0.25) is 0 Å². The molecule has 0 bridgehead atoms. The van der Waals surface area contributed by atoms with Gasteiger partial charge < -0.3 is 4.74 Å². The number of fused-ring (bicyclic) bond motifs is 4. The van der Waals surface area contributed by atoms with Crippen molar-refractivity contribution in [2.45, 2.75) is 12.5 Å². The maximum Gasteiger partial charge on any atom is 0.129 e. The van der Waals surface area contributed by atoms with Gasteiger partial charge in [-0.05, 0) is 23.3 Å². The van der Waals surface area contributed by atoms with E-state index in [0.29, 0.717) is 6.04 Å². The average Bonchev–Trinajstić information content (AvgIpc) is 2.75. The smallest absolute Gasteiger partial charge is 0.129 e. The van der Waals surface area contributed by atoms with Crippen molar-refractivity contribution >= 4 is 11.6 Å². The molecule has 0 amide bonds. The van der Waals surface area contributed by atoms with Crippen LogP contribution in [0.3, 0.4) is 0 Å². The zero-order valence-electron chi connectivity index (χ0n) is 10.3. The lowest BCUT2D eigenvalue weighted by Gasteiger charge is -2.19. The molecule has 1 heterocycles. The van der Waals surface area contributed by atoms with Gasteiger partial charge in [-0.3, -0.25) is 0 Å². The number of ether oxygens (including phenoxy) is 1. The summed E-state index contributed by atoms with van der Waals surface area (Å²) >= 11 is 0. The summed E-state index contributed by atoms with van der Waals surface area (Å²) in [5, 5.41) is 0. The Balaban J connectivity index is 1.93. The zero-order chi connectivity index (χ0) is 12.1. The summed E-state index contributed by atoms with van der Waals surface area (Å²) in [6.07, 6.45) is 3.11. The van der Waals surface area contributed by atoms with Crippen LogP contribution in [-0.2, 0) is 6.42 Å². The van der Waals surface area contributed by atoms with Crippen LogP contribution in [0.4, 0.5) is 0 Å². The highest BCUT2D eigenvalue weighted by Gasteiger charge is 2.31. The van der Waals surface area contributed by atoms with E-state index >= 15 is 0 Å². The number of benzene rings is 2. The molecule has 0 aromatic heterocycles. The lowest BCUT2D eigenvalue weighted by atomic mass is 9.88. The van der Waals surface area contributed by atoms with Crippen LogP contribution in [0.2, 0.25) is 0 Å². The molecule has 1 nitrogen and oxygen atoms in total. The fourth-order valence-corrected chi connectivity index (χ4v) is 2.67. The van der Waals surface area contributed by atoms with Crippen LogP contribution in [0.1, 0.15) is 18.1 Å². The highest BCUT2D eigenvalue weighted by atomic mass is 16.5. The largest absolute Gasteiger partial charge is 0.485 e. The highest BCUT2D eigenvalue weighted by Crippen LogP contribution is 2.42. The predicted molar refractivity (Wildman–Crippen MR) is 68.9 cm³/mol. The van der Waals surface area contributed by atoms with Gasteiger partial charge in [-0.2, -0.15) is 0 Å². The Labute approximate surface area is 102 Å². The molecule has 1 heteroatoms. The first kappa shape index (κ1) is 8.13. The Morgan fingerprint density at radius 3 is 3.00 bits per heavy atom. The maximum atomic E-state index is 8.00. The quantitative estimate of drug-likeness (QED) is 0.661. The molecule has 2 aliphatic rings. The van der Waals surface area contributed by atoms with Crippen LogP contribution in [0, 0.1) is 0 Å². The SMILES string of the molecule is [2H]c1cccc2c1C=C1c3ccccc3OC1C2. The van der Waals surface area contributed by atoms with Gasteiger partial charge in [-0.15, -0.1) is 0 Å². The summed E-state index contributed by atoms with van der Waals surface area (Å²) in [4.78, 5) is 0. The summed E-state index contributed by atoms with van der Waals surface area (Å²) < 4.78 is 14.0. The third kappa shape index (κ3) is 1.26. The van der Waals surface area contributed by atoms with Crippen molar-refractivity contribution in [3.8, 4) is 5.75 Å². The molecule has 1 unspecified atom stereocenters. The van der Waals surface area contributed by atoms with Crippen molar-refractivity contribution in [1.29, 1.82) is 0 Å². The predicted octanol–water partition coefficient (Wildman–Crippen LogP) is 3.54. The fraction of sp³-hybridized carbons (Fsp3) is 0.125. The second kappa shape index (κ2) is 3.24. The molecule has 2 aromatic rings. The molecule has 17 heavy (non-hydrogen) atoms. The Morgan fingerprint density at radius 1 is 1.12 bits per heavy atom. The van der Waals surface area contributed by atoms with E-state index < -0.39 is 0 Å². The maximum absolute atomic E-state index is 8.00. The monoisotopic (exact) mass is 221 g/mol. The molecule has 0 saturated carbocycles. The van der Waals surface area contributed by atoms with Crippen molar-refractivity contribution in [2.75, 3.05) is 0 Å². The summed E-state index contributed by atoms with van der Waals surface area (Å²) in [5.41, 5.74) is 4.65. The molecule has 1 atom stereocenters. The minimum Gasteiger partial charge on any atom is -0.485 e. The van der Waals surface area contributed by atoms with Crippen LogP contribution in [0.5, 0.6) is 5.75 Å². The molecule has 82 valence electrons. The second-order valence-electron chi connectivity index (χ2n) is 4.52. The summed E-state index contributed by atoms with van der Waals surface area (Å²) in [6, 6.07) is 14.6. The van der Waals surface area contributed by atoms with Crippen LogP contribution in [0.15, 0.2) is 48.5 Å². The number of hydrogen-bond acceptors (Lipinski definition) is 1. The molecule has 0 saturated heterocycles. The number of hydrogen-bond donors (Lipinski definition) is 0. The van der Waals surface area contributed by atoms with E-state index in [4.69, 9.17) is 6.11 Å². The first-order valence-electron chi connectivity index (χ1n) is 6.39. The topological polar surface area (TPSA) is 9.23 Å². The lowest BCUT2D eigenvalue weighted by molar-refractivity contribution is 0.276. The second-order valence-corrected chi connectivity index (χ2v) is 4.52. The van der Waals surface area contributed by atoms with Crippen LogP contribution >= 0.6 is 0 Å². The van der Waals surface area contributed by atoms with Gasteiger partial charge in [-0.1, -0.05) is 42.4 Å². The first-order chi connectivity index (χ1) is 8.83. The number of rotatable bonds is 0. The lowest BCUT2D eigenvalue weighted by Crippen LogP contribution is -2.19. The number of para-hydroxylation sites is 1. The van der Waals surface area contributed by atoms with Crippen LogP contribution in [-0.4, -0.2) is 6.10 Å².